The quantitative estimate of drug-likeness (QED) is 0.757. The van der Waals surface area contributed by atoms with Crippen LogP contribution in [0.4, 0.5) is 0 Å². The molecule has 1 aliphatic rings. The average molecular weight is 242 g/mol. The molecule has 1 fully saturated rings. The maximum Gasteiger partial charge on any atom is 0.312 e. The first kappa shape index (κ1) is 14.5. The van der Waals surface area contributed by atoms with Crippen LogP contribution in [0.1, 0.15) is 60.3 Å². The van der Waals surface area contributed by atoms with Gasteiger partial charge in [0.15, 0.2) is 0 Å². The van der Waals surface area contributed by atoms with Gasteiger partial charge in [-0.15, -0.1) is 0 Å². The summed E-state index contributed by atoms with van der Waals surface area (Å²) < 4.78 is 5.35. The molecule has 1 N–H and O–H groups in total. The second-order valence-corrected chi connectivity index (χ2v) is 6.54. The molecule has 3 nitrogen and oxygen atoms in total. The molecular weight excluding hydrogens is 216 g/mol. The molecule has 1 saturated carbocycles. The van der Waals surface area contributed by atoms with Crippen molar-refractivity contribution >= 4 is 5.97 Å². The standard InChI is InChI=1S/C14H26O3/c1-10-6-8-14(16,9-7-10)11(2)12(15)17-13(3,4)5/h10-11,16H,6-9H2,1-5H3. The monoisotopic (exact) mass is 242 g/mol. The third-order valence-electron chi connectivity index (χ3n) is 3.71. The SMILES string of the molecule is CC1CCC(O)(C(C)C(=O)OC(C)(C)C)CC1. The van der Waals surface area contributed by atoms with Crippen molar-refractivity contribution < 1.29 is 14.6 Å². The number of aliphatic hydroxyl groups is 1. The van der Waals surface area contributed by atoms with Crippen LogP contribution < -0.4 is 0 Å². The Morgan fingerprint density at radius 1 is 1.35 bits per heavy atom. The van der Waals surface area contributed by atoms with Crippen LogP contribution in [0.15, 0.2) is 0 Å². The van der Waals surface area contributed by atoms with Gasteiger partial charge in [-0.2, -0.15) is 0 Å². The minimum Gasteiger partial charge on any atom is -0.460 e. The zero-order chi connectivity index (χ0) is 13.3. The van der Waals surface area contributed by atoms with Crippen molar-refractivity contribution in [3.05, 3.63) is 0 Å². The lowest BCUT2D eigenvalue weighted by Crippen LogP contribution is -2.45. The van der Waals surface area contributed by atoms with Crippen molar-refractivity contribution in [1.82, 2.24) is 0 Å². The van der Waals surface area contributed by atoms with E-state index in [-0.39, 0.29) is 5.97 Å². The fourth-order valence-electron chi connectivity index (χ4n) is 2.30. The highest BCUT2D eigenvalue weighted by Crippen LogP contribution is 2.37. The second-order valence-electron chi connectivity index (χ2n) is 6.54. The molecule has 1 atom stereocenters. The normalized spacial score (nSPS) is 32.0. The molecule has 100 valence electrons. The first-order chi connectivity index (χ1) is 7.64. The Bertz CT molecular complexity index is 270. The summed E-state index contributed by atoms with van der Waals surface area (Å²) in [5.74, 6) is -0.0649. The van der Waals surface area contributed by atoms with Crippen molar-refractivity contribution in [2.24, 2.45) is 11.8 Å². The predicted octanol–water partition coefficient (Wildman–Crippen LogP) is 2.91. The van der Waals surface area contributed by atoms with Gasteiger partial charge in [0, 0.05) is 0 Å². The summed E-state index contributed by atoms with van der Waals surface area (Å²) in [5, 5.41) is 10.5. The van der Waals surface area contributed by atoms with E-state index in [1.807, 2.05) is 20.8 Å². The third-order valence-corrected chi connectivity index (χ3v) is 3.71. The van der Waals surface area contributed by atoms with E-state index in [9.17, 15) is 9.90 Å². The van der Waals surface area contributed by atoms with E-state index in [1.54, 1.807) is 6.92 Å². The maximum atomic E-state index is 12.0. The van der Waals surface area contributed by atoms with Crippen molar-refractivity contribution in [3.8, 4) is 0 Å². The number of esters is 1. The van der Waals surface area contributed by atoms with E-state index in [0.717, 1.165) is 12.8 Å². The van der Waals surface area contributed by atoms with Gasteiger partial charge in [-0.3, -0.25) is 4.79 Å². The van der Waals surface area contributed by atoms with Crippen LogP contribution in [0.5, 0.6) is 0 Å². The predicted molar refractivity (Wildman–Crippen MR) is 67.6 cm³/mol. The molecule has 1 unspecified atom stereocenters. The van der Waals surface area contributed by atoms with Gasteiger partial charge in [0.05, 0.1) is 11.5 Å². The van der Waals surface area contributed by atoms with Gasteiger partial charge in [-0.25, -0.2) is 0 Å². The van der Waals surface area contributed by atoms with Gasteiger partial charge in [0.25, 0.3) is 0 Å². The van der Waals surface area contributed by atoms with E-state index in [4.69, 9.17) is 4.74 Å². The molecule has 0 saturated heterocycles. The molecule has 1 rings (SSSR count). The van der Waals surface area contributed by atoms with Crippen molar-refractivity contribution in [2.45, 2.75) is 71.5 Å². The number of hydrogen-bond donors (Lipinski definition) is 1. The molecule has 0 aromatic carbocycles. The van der Waals surface area contributed by atoms with Gasteiger partial charge < -0.3 is 9.84 Å². The summed E-state index contributed by atoms with van der Waals surface area (Å²) in [6.45, 7) is 9.53. The molecule has 0 spiro atoms. The summed E-state index contributed by atoms with van der Waals surface area (Å²) in [7, 11) is 0. The van der Waals surface area contributed by atoms with E-state index in [2.05, 4.69) is 6.92 Å². The fraction of sp³-hybridized carbons (Fsp3) is 0.929. The molecule has 0 aromatic rings. The first-order valence-electron chi connectivity index (χ1n) is 6.59. The number of hydrogen-bond acceptors (Lipinski definition) is 3. The third kappa shape index (κ3) is 3.98. The lowest BCUT2D eigenvalue weighted by molar-refractivity contribution is -0.171. The highest BCUT2D eigenvalue weighted by atomic mass is 16.6. The lowest BCUT2D eigenvalue weighted by atomic mass is 9.73. The molecule has 0 bridgehead atoms. The van der Waals surface area contributed by atoms with E-state index in [0.29, 0.717) is 18.8 Å². The Hall–Kier alpha value is -0.570. The Labute approximate surface area is 105 Å². The Balaban J connectivity index is 2.62. The number of ether oxygens (including phenoxy) is 1. The molecule has 0 amide bonds. The Morgan fingerprint density at radius 2 is 1.82 bits per heavy atom. The van der Waals surface area contributed by atoms with Crippen LogP contribution in [0.25, 0.3) is 0 Å². The van der Waals surface area contributed by atoms with Crippen molar-refractivity contribution in [2.75, 3.05) is 0 Å². The lowest BCUT2D eigenvalue weighted by Gasteiger charge is -2.39. The Kier molecular flexibility index (Phi) is 4.23. The molecular formula is C14H26O3. The minimum absolute atomic E-state index is 0.283. The van der Waals surface area contributed by atoms with E-state index >= 15 is 0 Å². The molecule has 1 aliphatic carbocycles. The van der Waals surface area contributed by atoms with Crippen LogP contribution >= 0.6 is 0 Å². The summed E-state index contributed by atoms with van der Waals surface area (Å²) >= 11 is 0. The maximum absolute atomic E-state index is 12.0. The topological polar surface area (TPSA) is 46.5 Å². The zero-order valence-corrected chi connectivity index (χ0v) is 11.7. The van der Waals surface area contributed by atoms with Crippen LogP contribution in [0.3, 0.4) is 0 Å². The molecule has 0 heterocycles. The highest BCUT2D eigenvalue weighted by Gasteiger charge is 2.42. The largest absolute Gasteiger partial charge is 0.460 e. The summed E-state index contributed by atoms with van der Waals surface area (Å²) in [6, 6.07) is 0. The average Bonchev–Trinajstić information content (AvgIpc) is 2.19. The summed E-state index contributed by atoms with van der Waals surface area (Å²) in [4.78, 5) is 12.0. The zero-order valence-electron chi connectivity index (χ0n) is 11.7. The van der Waals surface area contributed by atoms with Crippen LogP contribution in [0.2, 0.25) is 0 Å². The molecule has 0 aliphatic heterocycles. The van der Waals surface area contributed by atoms with Crippen LogP contribution in [0, 0.1) is 11.8 Å². The van der Waals surface area contributed by atoms with Crippen LogP contribution in [-0.2, 0) is 9.53 Å². The number of carbonyl (C=O) groups is 1. The Morgan fingerprint density at radius 3 is 2.24 bits per heavy atom. The van der Waals surface area contributed by atoms with E-state index < -0.39 is 17.1 Å². The second kappa shape index (κ2) is 4.97. The van der Waals surface area contributed by atoms with Gasteiger partial charge >= 0.3 is 5.97 Å². The minimum atomic E-state index is -0.866. The van der Waals surface area contributed by atoms with E-state index in [1.165, 1.54) is 0 Å². The number of carbonyl (C=O) groups excluding carboxylic acids is 1. The van der Waals surface area contributed by atoms with Gasteiger partial charge in [-0.1, -0.05) is 6.92 Å². The summed E-state index contributed by atoms with van der Waals surface area (Å²) in [5.41, 5.74) is -1.35. The highest BCUT2D eigenvalue weighted by molar-refractivity contribution is 5.73. The molecule has 0 aromatic heterocycles. The number of rotatable bonds is 2. The summed E-state index contributed by atoms with van der Waals surface area (Å²) in [6.07, 6.45) is 3.39. The van der Waals surface area contributed by atoms with Crippen molar-refractivity contribution in [1.29, 1.82) is 0 Å². The first-order valence-corrected chi connectivity index (χ1v) is 6.59. The smallest absolute Gasteiger partial charge is 0.312 e. The molecule has 3 heteroatoms. The van der Waals surface area contributed by atoms with Gasteiger partial charge in [-0.05, 0) is 59.3 Å². The fourth-order valence-corrected chi connectivity index (χ4v) is 2.30. The molecule has 17 heavy (non-hydrogen) atoms. The van der Waals surface area contributed by atoms with Gasteiger partial charge in [0.2, 0.25) is 0 Å². The van der Waals surface area contributed by atoms with Crippen molar-refractivity contribution in [3.63, 3.8) is 0 Å². The molecule has 0 radical (unpaired) electrons. The van der Waals surface area contributed by atoms with Gasteiger partial charge in [0.1, 0.15) is 5.60 Å². The van der Waals surface area contributed by atoms with Crippen LogP contribution in [-0.4, -0.2) is 22.3 Å².